The Kier molecular flexibility index (Phi) is 6.36. The highest BCUT2D eigenvalue weighted by molar-refractivity contribution is 6.18. The van der Waals surface area contributed by atoms with Crippen LogP contribution in [0, 0.1) is 0 Å². The van der Waals surface area contributed by atoms with Gasteiger partial charge in [0.1, 0.15) is 18.2 Å². The van der Waals surface area contributed by atoms with Crippen LogP contribution in [0.5, 0.6) is 5.75 Å². The highest BCUT2D eigenvalue weighted by Gasteiger charge is 2.26. The average Bonchev–Trinajstić information content (AvgIpc) is 2.89. The minimum atomic E-state index is 0.186. The molecule has 0 bridgehead atoms. The van der Waals surface area contributed by atoms with Crippen molar-refractivity contribution in [2.75, 3.05) is 25.0 Å². The van der Waals surface area contributed by atoms with Crippen LogP contribution >= 0.6 is 0 Å². The molecule has 0 spiro atoms. The number of para-hydroxylation sites is 1. The number of nitrogens with two attached hydrogens (primary N) is 2. The fraction of sp³-hybridized carbons (Fsp3) is 0.185. The number of pyridine rings is 1. The number of rotatable bonds is 7. The molecule has 1 aliphatic heterocycles. The monoisotopic (exact) mass is 465 g/mol. The van der Waals surface area contributed by atoms with E-state index in [2.05, 4.69) is 14.9 Å². The summed E-state index contributed by atoms with van der Waals surface area (Å²) in [7, 11) is 1.72. The van der Waals surface area contributed by atoms with Gasteiger partial charge < -0.3 is 21.1 Å². The van der Waals surface area contributed by atoms with Gasteiger partial charge in [-0.25, -0.2) is 9.97 Å². The van der Waals surface area contributed by atoms with Crippen molar-refractivity contribution in [1.82, 2.24) is 15.0 Å². The van der Waals surface area contributed by atoms with Gasteiger partial charge in [-0.15, -0.1) is 0 Å². The third-order valence-electron chi connectivity index (χ3n) is 5.91. The van der Waals surface area contributed by atoms with E-state index in [0.29, 0.717) is 17.3 Å². The fourth-order valence-electron chi connectivity index (χ4n) is 4.09. The first-order valence-corrected chi connectivity index (χ1v) is 11.4. The van der Waals surface area contributed by atoms with Gasteiger partial charge in [0.15, 0.2) is 5.82 Å². The number of benzene rings is 2. The van der Waals surface area contributed by atoms with Gasteiger partial charge in [-0.1, -0.05) is 12.1 Å². The first-order valence-electron chi connectivity index (χ1n) is 11.4. The first-order chi connectivity index (χ1) is 17.1. The molecule has 0 radical (unpaired) electrons. The predicted molar refractivity (Wildman–Crippen MR) is 140 cm³/mol. The summed E-state index contributed by atoms with van der Waals surface area (Å²) < 4.78 is 6.02. The maximum absolute atomic E-state index is 6.49. The van der Waals surface area contributed by atoms with Gasteiger partial charge in [0.25, 0.3) is 0 Å². The average molecular weight is 466 g/mol. The molecule has 1 fully saturated rings. The van der Waals surface area contributed by atoms with Crippen LogP contribution in [0.25, 0.3) is 22.2 Å². The summed E-state index contributed by atoms with van der Waals surface area (Å²) in [5.74, 6) is 2.24. The Bertz CT molecular complexity index is 1380. The van der Waals surface area contributed by atoms with Crippen LogP contribution in [-0.2, 0) is 6.61 Å². The smallest absolute Gasteiger partial charge is 0.168 e. The summed E-state index contributed by atoms with van der Waals surface area (Å²) in [6, 6.07) is 19.7. The standard InChI is InChI=1S/C27H27N7O/c1-30-14-23(18-10-12-31-13-11-18)26(29)19-6-8-21(9-7-19)35-17-25-32-24-5-3-2-4-22(24)27(33-25)34-15-20(28)16-34/h2-14,20H,15-17,28-29H2,1H3. The number of aromatic nitrogens is 3. The molecule has 35 heavy (non-hydrogen) atoms. The van der Waals surface area contributed by atoms with Gasteiger partial charge in [-0.2, -0.15) is 0 Å². The van der Waals surface area contributed by atoms with Crippen LogP contribution in [0.1, 0.15) is 17.0 Å². The number of ether oxygens (including phenoxy) is 1. The summed E-state index contributed by atoms with van der Waals surface area (Å²) in [5, 5.41) is 1.02. The van der Waals surface area contributed by atoms with Crippen molar-refractivity contribution in [3.05, 3.63) is 90.0 Å². The summed E-state index contributed by atoms with van der Waals surface area (Å²) in [6.07, 6.45) is 5.23. The Hall–Kier alpha value is -4.30. The lowest BCUT2D eigenvalue weighted by atomic mass is 10.0. The van der Waals surface area contributed by atoms with Crippen molar-refractivity contribution in [2.45, 2.75) is 12.6 Å². The zero-order valence-electron chi connectivity index (χ0n) is 19.5. The summed E-state index contributed by atoms with van der Waals surface area (Å²) in [5.41, 5.74) is 16.7. The first kappa shape index (κ1) is 22.5. The molecule has 1 aliphatic rings. The van der Waals surface area contributed by atoms with Crippen LogP contribution in [-0.4, -0.2) is 47.3 Å². The van der Waals surface area contributed by atoms with Gasteiger partial charge in [-0.05, 0) is 59.7 Å². The molecule has 0 saturated carbocycles. The van der Waals surface area contributed by atoms with E-state index in [1.54, 1.807) is 25.7 Å². The van der Waals surface area contributed by atoms with Gasteiger partial charge in [0.2, 0.25) is 0 Å². The van der Waals surface area contributed by atoms with E-state index in [1.165, 1.54) is 0 Å². The molecule has 4 aromatic rings. The van der Waals surface area contributed by atoms with Crippen LogP contribution in [0.4, 0.5) is 5.82 Å². The van der Waals surface area contributed by atoms with Crippen LogP contribution in [0.3, 0.4) is 0 Å². The largest absolute Gasteiger partial charge is 0.486 e. The SMILES string of the molecule is CN=CC(=C(N)c1ccc(OCc2nc(N3CC(N)C3)c3ccccc3n2)cc1)c1ccncc1. The van der Waals surface area contributed by atoms with Gasteiger partial charge in [-0.3, -0.25) is 9.98 Å². The third-order valence-corrected chi connectivity index (χ3v) is 5.91. The predicted octanol–water partition coefficient (Wildman–Crippen LogP) is 3.28. The lowest BCUT2D eigenvalue weighted by Crippen LogP contribution is -2.56. The van der Waals surface area contributed by atoms with Gasteiger partial charge in [0, 0.05) is 61.4 Å². The summed E-state index contributed by atoms with van der Waals surface area (Å²) >= 11 is 0. The number of fused-ring (bicyclic) bond motifs is 1. The van der Waals surface area contributed by atoms with Crippen molar-refractivity contribution in [3.8, 4) is 5.75 Å². The van der Waals surface area contributed by atoms with Crippen LogP contribution in [0.2, 0.25) is 0 Å². The third kappa shape index (κ3) is 4.83. The molecular formula is C27H27N7O. The summed E-state index contributed by atoms with van der Waals surface area (Å²) in [4.78, 5) is 19.9. The van der Waals surface area contributed by atoms with Crippen LogP contribution < -0.4 is 21.1 Å². The van der Waals surface area contributed by atoms with E-state index in [4.69, 9.17) is 26.2 Å². The molecule has 1 saturated heterocycles. The molecule has 0 unspecified atom stereocenters. The minimum absolute atomic E-state index is 0.186. The normalized spacial score (nSPS) is 14.7. The second-order valence-electron chi connectivity index (χ2n) is 8.41. The number of anilines is 1. The van der Waals surface area contributed by atoms with E-state index in [1.807, 2.05) is 60.7 Å². The molecule has 4 N–H and O–H groups in total. The Morgan fingerprint density at radius 3 is 2.49 bits per heavy atom. The van der Waals surface area contributed by atoms with Crippen molar-refractivity contribution in [1.29, 1.82) is 0 Å². The van der Waals surface area contributed by atoms with Crippen molar-refractivity contribution < 1.29 is 4.74 Å². The second kappa shape index (κ2) is 9.90. The van der Waals surface area contributed by atoms with Crippen LogP contribution in [0.15, 0.2) is 78.0 Å². The minimum Gasteiger partial charge on any atom is -0.486 e. The van der Waals surface area contributed by atoms with E-state index in [0.717, 1.165) is 46.5 Å². The van der Waals surface area contributed by atoms with E-state index >= 15 is 0 Å². The number of hydrogen-bond acceptors (Lipinski definition) is 8. The molecule has 176 valence electrons. The molecule has 8 nitrogen and oxygen atoms in total. The lowest BCUT2D eigenvalue weighted by molar-refractivity contribution is 0.296. The van der Waals surface area contributed by atoms with Crippen molar-refractivity contribution in [3.63, 3.8) is 0 Å². The fourth-order valence-corrected chi connectivity index (χ4v) is 4.09. The number of nitrogens with zero attached hydrogens (tertiary/aromatic N) is 5. The molecule has 0 atom stereocenters. The molecule has 2 aromatic carbocycles. The Labute approximate surface area is 204 Å². The zero-order valence-corrected chi connectivity index (χ0v) is 19.5. The van der Waals surface area contributed by atoms with E-state index in [9.17, 15) is 0 Å². The maximum Gasteiger partial charge on any atom is 0.168 e. The maximum atomic E-state index is 6.49. The van der Waals surface area contributed by atoms with E-state index < -0.39 is 0 Å². The Morgan fingerprint density at radius 2 is 1.77 bits per heavy atom. The quantitative estimate of drug-likeness (QED) is 0.402. The Balaban J connectivity index is 1.35. The number of aliphatic imine (C=N–C) groups is 1. The van der Waals surface area contributed by atoms with E-state index in [-0.39, 0.29) is 12.6 Å². The molecule has 0 amide bonds. The van der Waals surface area contributed by atoms with Gasteiger partial charge in [0.05, 0.1) is 5.52 Å². The molecule has 2 aromatic heterocycles. The molecule has 3 heterocycles. The highest BCUT2D eigenvalue weighted by Crippen LogP contribution is 2.28. The summed E-state index contributed by atoms with van der Waals surface area (Å²) in [6.45, 7) is 1.84. The lowest BCUT2D eigenvalue weighted by Gasteiger charge is -2.38. The highest BCUT2D eigenvalue weighted by atomic mass is 16.5. The second-order valence-corrected chi connectivity index (χ2v) is 8.41. The molecule has 5 rings (SSSR count). The van der Waals surface area contributed by atoms with Crippen molar-refractivity contribution >= 4 is 34.2 Å². The molecule has 8 heteroatoms. The van der Waals surface area contributed by atoms with Crippen molar-refractivity contribution in [2.24, 2.45) is 16.5 Å². The number of allylic oxidation sites excluding steroid dienone is 1. The zero-order chi connectivity index (χ0) is 24.2. The molecule has 0 aliphatic carbocycles. The Morgan fingerprint density at radius 1 is 1.03 bits per heavy atom. The molecular weight excluding hydrogens is 438 g/mol. The van der Waals surface area contributed by atoms with Gasteiger partial charge >= 0.3 is 0 Å². The number of hydrogen-bond donors (Lipinski definition) is 2. The topological polar surface area (TPSA) is 116 Å².